The number of rotatable bonds is 3. The second-order valence-electron chi connectivity index (χ2n) is 4.53. The lowest BCUT2D eigenvalue weighted by Crippen LogP contribution is -2.02. The van der Waals surface area contributed by atoms with Gasteiger partial charge < -0.3 is 4.42 Å². The molecule has 0 atom stereocenters. The monoisotopic (exact) mass is 226 g/mol. The van der Waals surface area contributed by atoms with Gasteiger partial charge in [0.05, 0.1) is 6.26 Å². The van der Waals surface area contributed by atoms with Gasteiger partial charge in [0.1, 0.15) is 0 Å². The van der Waals surface area contributed by atoms with Crippen LogP contribution < -0.4 is 0 Å². The number of Topliss-reactive ketones (excluding diaryl/α,β-unsaturated/α-hetero) is 1. The molecular weight excluding hydrogens is 212 g/mol. The highest BCUT2D eigenvalue weighted by Crippen LogP contribution is 2.23. The summed E-state index contributed by atoms with van der Waals surface area (Å²) >= 11 is 0. The van der Waals surface area contributed by atoms with Crippen molar-refractivity contribution in [3.05, 3.63) is 59.0 Å². The van der Waals surface area contributed by atoms with E-state index in [-0.39, 0.29) is 5.78 Å². The average molecular weight is 226 g/mol. The Morgan fingerprint density at radius 2 is 2.06 bits per heavy atom. The zero-order valence-electron chi connectivity index (χ0n) is 9.61. The Bertz CT molecular complexity index is 538. The lowest BCUT2D eigenvalue weighted by molar-refractivity contribution is 0.0966. The summed E-state index contributed by atoms with van der Waals surface area (Å²) in [6, 6.07) is 9.85. The highest BCUT2D eigenvalue weighted by molar-refractivity contribution is 5.94. The first-order valence-electron chi connectivity index (χ1n) is 6.00. The molecule has 0 fully saturated rings. The summed E-state index contributed by atoms with van der Waals surface area (Å²) in [6.07, 6.45) is 5.54. The number of ketones is 1. The van der Waals surface area contributed by atoms with E-state index in [4.69, 9.17) is 4.42 Å². The quantitative estimate of drug-likeness (QED) is 0.752. The molecule has 0 bridgehead atoms. The Morgan fingerprint density at radius 3 is 2.88 bits per heavy atom. The van der Waals surface area contributed by atoms with Gasteiger partial charge in [-0.3, -0.25) is 4.79 Å². The van der Waals surface area contributed by atoms with Crippen LogP contribution in [0.25, 0.3) is 0 Å². The molecule has 1 aromatic carbocycles. The second kappa shape index (κ2) is 4.21. The van der Waals surface area contributed by atoms with Gasteiger partial charge in [-0.15, -0.1) is 0 Å². The van der Waals surface area contributed by atoms with Crippen molar-refractivity contribution in [2.45, 2.75) is 25.7 Å². The molecule has 0 aliphatic heterocycles. The summed E-state index contributed by atoms with van der Waals surface area (Å²) < 4.78 is 5.11. The number of hydrogen-bond donors (Lipinski definition) is 0. The molecule has 2 heteroatoms. The van der Waals surface area contributed by atoms with Crippen LogP contribution >= 0.6 is 0 Å². The Balaban J connectivity index is 1.80. The van der Waals surface area contributed by atoms with Gasteiger partial charge in [-0.05, 0) is 48.1 Å². The number of carbonyl (C=O) groups excluding carboxylic acids is 1. The minimum atomic E-state index is 0.0490. The molecule has 1 aliphatic rings. The lowest BCUT2D eigenvalue weighted by Gasteiger charge is -2.03. The van der Waals surface area contributed by atoms with Crippen molar-refractivity contribution < 1.29 is 9.21 Å². The van der Waals surface area contributed by atoms with E-state index < -0.39 is 0 Å². The SMILES string of the molecule is O=C(Cc1ccc2c(c1)CCC2)c1ccco1. The average Bonchev–Trinajstić information content (AvgIpc) is 2.99. The first-order valence-corrected chi connectivity index (χ1v) is 6.00. The van der Waals surface area contributed by atoms with Crippen LogP contribution in [0.1, 0.15) is 33.7 Å². The van der Waals surface area contributed by atoms with Gasteiger partial charge in [0.15, 0.2) is 5.76 Å². The number of furan rings is 1. The molecule has 0 saturated heterocycles. The van der Waals surface area contributed by atoms with E-state index in [9.17, 15) is 4.79 Å². The maximum atomic E-state index is 11.9. The van der Waals surface area contributed by atoms with E-state index >= 15 is 0 Å². The van der Waals surface area contributed by atoms with Crippen molar-refractivity contribution in [2.75, 3.05) is 0 Å². The molecule has 0 amide bonds. The van der Waals surface area contributed by atoms with Crippen LogP contribution in [-0.2, 0) is 19.3 Å². The summed E-state index contributed by atoms with van der Waals surface area (Å²) in [7, 11) is 0. The molecule has 2 aromatic rings. The third-order valence-corrected chi connectivity index (χ3v) is 3.32. The van der Waals surface area contributed by atoms with Gasteiger partial charge in [0.2, 0.25) is 5.78 Å². The number of carbonyl (C=O) groups is 1. The molecule has 3 rings (SSSR count). The zero-order valence-corrected chi connectivity index (χ0v) is 9.61. The molecule has 2 nitrogen and oxygen atoms in total. The summed E-state index contributed by atoms with van der Waals surface area (Å²) in [5.41, 5.74) is 3.95. The molecule has 86 valence electrons. The van der Waals surface area contributed by atoms with Crippen molar-refractivity contribution in [1.82, 2.24) is 0 Å². The first-order chi connectivity index (χ1) is 8.33. The summed E-state index contributed by atoms with van der Waals surface area (Å²) in [4.78, 5) is 11.9. The smallest absolute Gasteiger partial charge is 0.202 e. The van der Waals surface area contributed by atoms with Crippen LogP contribution in [-0.4, -0.2) is 5.78 Å². The third-order valence-electron chi connectivity index (χ3n) is 3.32. The molecule has 0 saturated carbocycles. The third kappa shape index (κ3) is 2.03. The number of hydrogen-bond acceptors (Lipinski definition) is 2. The van der Waals surface area contributed by atoms with Gasteiger partial charge in [-0.25, -0.2) is 0 Å². The van der Waals surface area contributed by atoms with Crippen LogP contribution in [0.3, 0.4) is 0 Å². The normalized spacial score (nSPS) is 13.6. The van der Waals surface area contributed by atoms with Crippen molar-refractivity contribution in [2.24, 2.45) is 0 Å². The fourth-order valence-electron chi connectivity index (χ4n) is 2.44. The van der Waals surface area contributed by atoms with E-state index in [1.165, 1.54) is 30.2 Å². The fraction of sp³-hybridized carbons (Fsp3) is 0.267. The molecule has 1 aliphatic carbocycles. The molecule has 0 radical (unpaired) electrons. The molecule has 1 heterocycles. The van der Waals surface area contributed by atoms with Crippen LogP contribution in [0.15, 0.2) is 41.0 Å². The standard InChI is InChI=1S/C15H14O2/c16-14(15-5-2-8-17-15)10-11-6-7-12-3-1-4-13(12)9-11/h2,5-9H,1,3-4,10H2. The van der Waals surface area contributed by atoms with E-state index in [1.807, 2.05) is 0 Å². The summed E-state index contributed by atoms with van der Waals surface area (Å²) in [6.45, 7) is 0. The topological polar surface area (TPSA) is 30.2 Å². The van der Waals surface area contributed by atoms with Gasteiger partial charge >= 0.3 is 0 Å². The Labute approximate surface area is 100 Å². The molecule has 17 heavy (non-hydrogen) atoms. The molecule has 0 spiro atoms. The van der Waals surface area contributed by atoms with Crippen LogP contribution in [0.2, 0.25) is 0 Å². The molecule has 1 aromatic heterocycles. The highest BCUT2D eigenvalue weighted by atomic mass is 16.3. The van der Waals surface area contributed by atoms with Crippen LogP contribution in [0, 0.1) is 0 Å². The zero-order chi connectivity index (χ0) is 11.7. The predicted molar refractivity (Wildman–Crippen MR) is 65.2 cm³/mol. The lowest BCUT2D eigenvalue weighted by atomic mass is 10.0. The summed E-state index contributed by atoms with van der Waals surface area (Å²) in [5.74, 6) is 0.499. The number of fused-ring (bicyclic) bond motifs is 1. The van der Waals surface area contributed by atoms with E-state index in [2.05, 4.69) is 18.2 Å². The van der Waals surface area contributed by atoms with E-state index in [0.29, 0.717) is 12.2 Å². The minimum Gasteiger partial charge on any atom is -0.461 e. The van der Waals surface area contributed by atoms with Crippen molar-refractivity contribution in [1.29, 1.82) is 0 Å². The summed E-state index contributed by atoms with van der Waals surface area (Å²) in [5, 5.41) is 0. The molecule has 0 unspecified atom stereocenters. The van der Waals surface area contributed by atoms with Gasteiger partial charge in [0, 0.05) is 6.42 Å². The van der Waals surface area contributed by atoms with Gasteiger partial charge in [-0.2, -0.15) is 0 Å². The Kier molecular flexibility index (Phi) is 2.56. The Morgan fingerprint density at radius 1 is 1.18 bits per heavy atom. The molecule has 0 N–H and O–H groups in total. The maximum Gasteiger partial charge on any atom is 0.202 e. The van der Waals surface area contributed by atoms with Crippen LogP contribution in [0.4, 0.5) is 0 Å². The number of benzene rings is 1. The largest absolute Gasteiger partial charge is 0.461 e. The van der Waals surface area contributed by atoms with E-state index in [1.54, 1.807) is 12.1 Å². The van der Waals surface area contributed by atoms with Crippen LogP contribution in [0.5, 0.6) is 0 Å². The highest BCUT2D eigenvalue weighted by Gasteiger charge is 2.14. The van der Waals surface area contributed by atoms with Crippen molar-refractivity contribution in [3.63, 3.8) is 0 Å². The number of aryl methyl sites for hydroxylation is 2. The second-order valence-corrected chi connectivity index (χ2v) is 4.53. The van der Waals surface area contributed by atoms with Crippen molar-refractivity contribution >= 4 is 5.78 Å². The van der Waals surface area contributed by atoms with E-state index in [0.717, 1.165) is 12.0 Å². The minimum absolute atomic E-state index is 0.0490. The van der Waals surface area contributed by atoms with Gasteiger partial charge in [-0.1, -0.05) is 18.2 Å². The fourth-order valence-corrected chi connectivity index (χ4v) is 2.44. The van der Waals surface area contributed by atoms with Gasteiger partial charge in [0.25, 0.3) is 0 Å². The predicted octanol–water partition coefficient (Wildman–Crippen LogP) is 3.19. The van der Waals surface area contributed by atoms with Crippen molar-refractivity contribution in [3.8, 4) is 0 Å². The first kappa shape index (κ1) is 10.3. The maximum absolute atomic E-state index is 11.9. The Hall–Kier alpha value is -1.83. The molecular formula is C15H14O2.